The number of H-pyrrole nitrogens is 1. The number of halogens is 1. The molecule has 6 heteroatoms. The Hall–Kier alpha value is -1.31. The zero-order chi connectivity index (χ0) is 10.1. The summed E-state index contributed by atoms with van der Waals surface area (Å²) in [6.07, 6.45) is 3.11. The lowest BCUT2D eigenvalue weighted by atomic mass is 10.2. The molecule has 0 unspecified atom stereocenters. The Balaban J connectivity index is 2.67. The zero-order valence-electron chi connectivity index (χ0n) is 6.95. The molecule has 0 aliphatic heterocycles. The van der Waals surface area contributed by atoms with E-state index in [2.05, 4.69) is 10.1 Å². The molecular formula is C8H6IN3O2. The maximum Gasteiger partial charge on any atom is 0.192 e. The molecule has 72 valence electrons. The highest BCUT2D eigenvalue weighted by Gasteiger charge is 2.15. The number of hydrogen-bond acceptors (Lipinski definition) is 4. The number of hydrogen-bond donors (Lipinski definition) is 2. The number of pyridine rings is 1. The van der Waals surface area contributed by atoms with Gasteiger partial charge in [0.2, 0.25) is 0 Å². The molecule has 0 bridgehead atoms. The van der Waals surface area contributed by atoms with Crippen LogP contribution in [0.3, 0.4) is 0 Å². The minimum absolute atomic E-state index is 0.127. The normalized spacial score (nSPS) is 10.4. The summed E-state index contributed by atoms with van der Waals surface area (Å²) in [5.74, 6) is 0.703. The second-order valence-electron chi connectivity index (χ2n) is 2.63. The largest absolute Gasteiger partial charge is 0.380 e. The summed E-state index contributed by atoms with van der Waals surface area (Å²) in [5, 5.41) is 3.58. The fourth-order valence-electron chi connectivity index (χ4n) is 1.05. The Morgan fingerprint density at radius 2 is 2.36 bits per heavy atom. The Bertz CT molecular complexity index is 517. The second kappa shape index (κ2) is 3.45. The number of nitrogen functional groups attached to an aromatic ring is 1. The van der Waals surface area contributed by atoms with E-state index in [-0.39, 0.29) is 5.43 Å². The van der Waals surface area contributed by atoms with Crippen molar-refractivity contribution in [1.29, 1.82) is 0 Å². The monoisotopic (exact) mass is 303 g/mol. The molecule has 0 radical (unpaired) electrons. The smallest absolute Gasteiger partial charge is 0.192 e. The van der Waals surface area contributed by atoms with E-state index in [1.807, 2.05) is 22.6 Å². The summed E-state index contributed by atoms with van der Waals surface area (Å²) >= 11 is 1.99. The molecule has 2 heterocycles. The Labute approximate surface area is 92.4 Å². The van der Waals surface area contributed by atoms with Gasteiger partial charge in [0, 0.05) is 18.5 Å². The number of rotatable bonds is 1. The molecule has 0 spiro atoms. The number of nitrogens with zero attached hydrogens (tertiary/aromatic N) is 1. The summed E-state index contributed by atoms with van der Waals surface area (Å²) < 4.78 is 5.61. The van der Waals surface area contributed by atoms with Crippen molar-refractivity contribution < 1.29 is 4.52 Å². The van der Waals surface area contributed by atoms with E-state index in [0.29, 0.717) is 20.7 Å². The number of nitrogens with one attached hydrogen (secondary N) is 1. The van der Waals surface area contributed by atoms with Crippen LogP contribution in [0.2, 0.25) is 0 Å². The third-order valence-electron chi connectivity index (χ3n) is 1.73. The minimum Gasteiger partial charge on any atom is -0.380 e. The maximum atomic E-state index is 11.4. The lowest BCUT2D eigenvalue weighted by Gasteiger charge is -1.93. The van der Waals surface area contributed by atoms with Crippen LogP contribution in [0.1, 0.15) is 0 Å². The second-order valence-corrected chi connectivity index (χ2v) is 3.71. The van der Waals surface area contributed by atoms with Gasteiger partial charge in [0.15, 0.2) is 17.0 Å². The Morgan fingerprint density at radius 1 is 1.57 bits per heavy atom. The van der Waals surface area contributed by atoms with Crippen molar-refractivity contribution in [3.05, 3.63) is 32.3 Å². The molecule has 0 aliphatic carbocycles. The quantitative estimate of drug-likeness (QED) is 0.776. The van der Waals surface area contributed by atoms with Crippen LogP contribution in [0.4, 0.5) is 5.82 Å². The van der Waals surface area contributed by atoms with Crippen LogP contribution in [0.5, 0.6) is 0 Å². The molecule has 3 N–H and O–H groups in total. The van der Waals surface area contributed by atoms with Crippen LogP contribution in [-0.2, 0) is 0 Å². The lowest BCUT2D eigenvalue weighted by molar-refractivity contribution is 0.435. The predicted molar refractivity (Wildman–Crippen MR) is 59.7 cm³/mol. The third-order valence-corrected chi connectivity index (χ3v) is 2.77. The van der Waals surface area contributed by atoms with E-state index in [9.17, 15) is 4.79 Å². The fourth-order valence-corrected chi connectivity index (χ4v) is 1.54. The van der Waals surface area contributed by atoms with Crippen molar-refractivity contribution in [3.8, 4) is 11.3 Å². The van der Waals surface area contributed by atoms with Crippen LogP contribution in [0.15, 0.2) is 27.8 Å². The van der Waals surface area contributed by atoms with E-state index in [1.165, 1.54) is 6.07 Å². The highest BCUT2D eigenvalue weighted by atomic mass is 127. The van der Waals surface area contributed by atoms with Gasteiger partial charge in [-0.1, -0.05) is 5.16 Å². The minimum atomic E-state index is -0.127. The highest BCUT2D eigenvalue weighted by Crippen LogP contribution is 2.26. The summed E-state index contributed by atoms with van der Waals surface area (Å²) in [5.41, 5.74) is 5.81. The van der Waals surface area contributed by atoms with Crippen LogP contribution >= 0.6 is 22.6 Å². The predicted octanol–water partition coefficient (Wildman–Crippen LogP) is 1.22. The maximum absolute atomic E-state index is 11.4. The lowest BCUT2D eigenvalue weighted by Crippen LogP contribution is -2.02. The van der Waals surface area contributed by atoms with Crippen LogP contribution in [0, 0.1) is 3.57 Å². The Morgan fingerprint density at radius 3 is 2.93 bits per heavy atom. The number of nitrogens with two attached hydrogens (primary N) is 1. The zero-order valence-corrected chi connectivity index (χ0v) is 9.11. The van der Waals surface area contributed by atoms with Crippen molar-refractivity contribution >= 4 is 28.4 Å². The molecule has 0 amide bonds. The molecule has 0 saturated heterocycles. The molecule has 14 heavy (non-hydrogen) atoms. The van der Waals surface area contributed by atoms with Gasteiger partial charge < -0.3 is 15.2 Å². The molecule has 0 fully saturated rings. The first kappa shape index (κ1) is 9.25. The Kier molecular flexibility index (Phi) is 2.28. The first-order valence-electron chi connectivity index (χ1n) is 3.78. The van der Waals surface area contributed by atoms with Crippen molar-refractivity contribution in [2.24, 2.45) is 0 Å². The van der Waals surface area contributed by atoms with E-state index < -0.39 is 0 Å². The van der Waals surface area contributed by atoms with Crippen molar-refractivity contribution in [2.45, 2.75) is 0 Å². The number of aromatic nitrogens is 2. The summed E-state index contributed by atoms with van der Waals surface area (Å²) in [6.45, 7) is 0. The third kappa shape index (κ3) is 1.41. The molecule has 0 aliphatic rings. The van der Waals surface area contributed by atoms with E-state index in [4.69, 9.17) is 10.3 Å². The first-order chi connectivity index (χ1) is 6.70. The fraction of sp³-hybridized carbons (Fsp3) is 0. The molecule has 2 aromatic rings. The van der Waals surface area contributed by atoms with Gasteiger partial charge in [-0.15, -0.1) is 0 Å². The van der Waals surface area contributed by atoms with Gasteiger partial charge in [-0.05, 0) is 22.6 Å². The molecule has 2 rings (SSSR count). The molecule has 0 aromatic carbocycles. The van der Waals surface area contributed by atoms with Crippen molar-refractivity contribution in [1.82, 2.24) is 10.1 Å². The van der Waals surface area contributed by atoms with Gasteiger partial charge in [-0.25, -0.2) is 0 Å². The average Bonchev–Trinajstić information content (AvgIpc) is 2.49. The summed E-state index contributed by atoms with van der Waals surface area (Å²) in [7, 11) is 0. The van der Waals surface area contributed by atoms with Gasteiger partial charge in [0.25, 0.3) is 0 Å². The van der Waals surface area contributed by atoms with Gasteiger partial charge in [0.1, 0.15) is 3.57 Å². The number of aromatic amines is 1. The highest BCUT2D eigenvalue weighted by molar-refractivity contribution is 14.1. The molecule has 2 aromatic heterocycles. The molecule has 0 atom stereocenters. The van der Waals surface area contributed by atoms with Crippen LogP contribution in [-0.4, -0.2) is 10.1 Å². The van der Waals surface area contributed by atoms with Crippen LogP contribution in [0.25, 0.3) is 11.3 Å². The van der Waals surface area contributed by atoms with Crippen molar-refractivity contribution in [3.63, 3.8) is 0 Å². The van der Waals surface area contributed by atoms with Gasteiger partial charge in [-0.2, -0.15) is 0 Å². The van der Waals surface area contributed by atoms with E-state index in [1.54, 1.807) is 12.4 Å². The topological polar surface area (TPSA) is 84.9 Å². The van der Waals surface area contributed by atoms with Crippen molar-refractivity contribution in [2.75, 3.05) is 5.73 Å². The first-order valence-corrected chi connectivity index (χ1v) is 4.86. The average molecular weight is 303 g/mol. The van der Waals surface area contributed by atoms with E-state index in [0.717, 1.165) is 0 Å². The van der Waals surface area contributed by atoms with Gasteiger partial charge in [0.05, 0.1) is 5.56 Å². The SMILES string of the molecule is Nc1noc(-c2c[nH]ccc2=O)c1I. The molecule has 5 nitrogen and oxygen atoms in total. The van der Waals surface area contributed by atoms with Gasteiger partial charge >= 0.3 is 0 Å². The molecule has 0 saturated carbocycles. The summed E-state index contributed by atoms with van der Waals surface area (Å²) in [4.78, 5) is 14.2. The number of anilines is 1. The van der Waals surface area contributed by atoms with E-state index >= 15 is 0 Å². The standard InChI is InChI=1S/C8H6IN3O2/c9-6-7(14-12-8(6)10)4-3-11-2-1-5(4)13/h1-3H,(H2,10,12)(H,11,13). The van der Waals surface area contributed by atoms with Gasteiger partial charge in [-0.3, -0.25) is 4.79 Å². The van der Waals surface area contributed by atoms with Crippen LogP contribution < -0.4 is 11.2 Å². The molecular weight excluding hydrogens is 297 g/mol. The summed E-state index contributed by atoms with van der Waals surface area (Å²) in [6, 6.07) is 1.42.